The molecule has 2 fully saturated rings. The van der Waals surface area contributed by atoms with E-state index in [-0.39, 0.29) is 5.97 Å². The minimum Gasteiger partial charge on any atom is -0.468 e. The Kier molecular flexibility index (Phi) is 5.44. The molecule has 1 unspecified atom stereocenters. The monoisotopic (exact) mass is 282 g/mol. The van der Waals surface area contributed by atoms with E-state index in [0.717, 1.165) is 25.4 Å². The summed E-state index contributed by atoms with van der Waals surface area (Å²) in [6, 6.07) is 1.34. The van der Waals surface area contributed by atoms with Crippen molar-refractivity contribution in [1.29, 1.82) is 0 Å². The second kappa shape index (κ2) is 6.90. The molecular weight excluding hydrogens is 252 g/mol. The maximum Gasteiger partial charge on any atom is 0.325 e. The molecule has 0 aromatic carbocycles. The lowest BCUT2D eigenvalue weighted by Crippen LogP contribution is -2.51. The summed E-state index contributed by atoms with van der Waals surface area (Å²) in [5.41, 5.74) is -0.503. The Hall–Kier alpha value is -0.610. The third-order valence-corrected chi connectivity index (χ3v) is 4.43. The van der Waals surface area contributed by atoms with E-state index in [2.05, 4.69) is 17.1 Å². The van der Waals surface area contributed by atoms with E-state index in [4.69, 9.17) is 4.74 Å². The van der Waals surface area contributed by atoms with Gasteiger partial charge in [-0.15, -0.1) is 0 Å². The molecule has 0 heterocycles. The summed E-state index contributed by atoms with van der Waals surface area (Å²) in [5, 5.41) is 3.48. The number of methoxy groups -OCH3 is 1. The van der Waals surface area contributed by atoms with Crippen LogP contribution in [0.5, 0.6) is 0 Å². The van der Waals surface area contributed by atoms with Crippen LogP contribution < -0.4 is 5.32 Å². The summed E-state index contributed by atoms with van der Waals surface area (Å²) in [5.74, 6) is -0.113. The molecule has 20 heavy (non-hydrogen) atoms. The number of hydrogen-bond donors (Lipinski definition) is 1. The van der Waals surface area contributed by atoms with Gasteiger partial charge in [-0.1, -0.05) is 6.92 Å². The highest BCUT2D eigenvalue weighted by Crippen LogP contribution is 2.29. The van der Waals surface area contributed by atoms with Crippen LogP contribution in [0.3, 0.4) is 0 Å². The predicted octanol–water partition coefficient (Wildman–Crippen LogP) is 2.32. The van der Waals surface area contributed by atoms with Gasteiger partial charge in [0.2, 0.25) is 0 Å². The molecule has 0 radical (unpaired) electrons. The highest BCUT2D eigenvalue weighted by molar-refractivity contribution is 5.80. The smallest absolute Gasteiger partial charge is 0.325 e. The average Bonchev–Trinajstić information content (AvgIpc) is 3.29. The van der Waals surface area contributed by atoms with Gasteiger partial charge in [-0.25, -0.2) is 0 Å². The highest BCUT2D eigenvalue weighted by atomic mass is 16.5. The Balaban J connectivity index is 1.79. The van der Waals surface area contributed by atoms with Crippen molar-refractivity contribution in [1.82, 2.24) is 10.2 Å². The van der Waals surface area contributed by atoms with Gasteiger partial charge in [0.15, 0.2) is 0 Å². The SMILES string of the molecule is CCCN(CCCC(C)(NC1CC1)C(=O)OC)C1CC1. The molecule has 2 saturated carbocycles. The molecule has 0 spiro atoms. The molecule has 1 N–H and O–H groups in total. The van der Waals surface area contributed by atoms with E-state index < -0.39 is 5.54 Å². The molecule has 0 aromatic rings. The van der Waals surface area contributed by atoms with Gasteiger partial charge in [-0.05, 0) is 65.0 Å². The highest BCUT2D eigenvalue weighted by Gasteiger charge is 2.39. The van der Waals surface area contributed by atoms with Gasteiger partial charge in [0, 0.05) is 12.1 Å². The van der Waals surface area contributed by atoms with Crippen LogP contribution in [-0.2, 0) is 9.53 Å². The quantitative estimate of drug-likeness (QED) is 0.624. The maximum atomic E-state index is 12.0. The van der Waals surface area contributed by atoms with Crippen molar-refractivity contribution < 1.29 is 9.53 Å². The first-order valence-electron chi connectivity index (χ1n) is 8.19. The van der Waals surface area contributed by atoms with E-state index in [1.165, 1.54) is 45.8 Å². The first kappa shape index (κ1) is 15.8. The van der Waals surface area contributed by atoms with Crippen LogP contribution in [0.4, 0.5) is 0 Å². The topological polar surface area (TPSA) is 41.6 Å². The fourth-order valence-electron chi connectivity index (χ4n) is 2.98. The molecule has 0 aromatic heterocycles. The van der Waals surface area contributed by atoms with Crippen LogP contribution in [0.2, 0.25) is 0 Å². The van der Waals surface area contributed by atoms with Crippen LogP contribution in [0.15, 0.2) is 0 Å². The zero-order chi connectivity index (χ0) is 14.6. The summed E-state index contributed by atoms with van der Waals surface area (Å²) < 4.78 is 4.99. The fraction of sp³-hybridized carbons (Fsp3) is 0.938. The Labute approximate surface area is 123 Å². The van der Waals surface area contributed by atoms with Crippen molar-refractivity contribution in [2.45, 2.75) is 76.4 Å². The summed E-state index contributed by atoms with van der Waals surface area (Å²) in [6.45, 7) is 6.54. The zero-order valence-corrected chi connectivity index (χ0v) is 13.3. The number of rotatable bonds is 10. The Morgan fingerprint density at radius 1 is 1.30 bits per heavy atom. The first-order chi connectivity index (χ1) is 9.59. The molecule has 2 rings (SSSR count). The number of nitrogens with one attached hydrogen (secondary N) is 1. The molecule has 2 aliphatic rings. The van der Waals surface area contributed by atoms with E-state index in [1.807, 2.05) is 6.92 Å². The van der Waals surface area contributed by atoms with Crippen LogP contribution in [-0.4, -0.2) is 48.7 Å². The van der Waals surface area contributed by atoms with Crippen LogP contribution in [0.1, 0.15) is 58.8 Å². The molecule has 0 saturated heterocycles. The lowest BCUT2D eigenvalue weighted by Gasteiger charge is -2.29. The second-order valence-electron chi connectivity index (χ2n) is 6.61. The van der Waals surface area contributed by atoms with E-state index in [0.29, 0.717) is 6.04 Å². The lowest BCUT2D eigenvalue weighted by molar-refractivity contribution is -0.148. The van der Waals surface area contributed by atoms with Crippen molar-refractivity contribution in [3.05, 3.63) is 0 Å². The maximum absolute atomic E-state index is 12.0. The normalized spacial score (nSPS) is 21.8. The molecule has 2 aliphatic carbocycles. The molecule has 0 amide bonds. The Bertz CT molecular complexity index is 326. The Morgan fingerprint density at radius 3 is 2.50 bits per heavy atom. The van der Waals surface area contributed by atoms with Gasteiger partial charge < -0.3 is 9.64 Å². The number of carbonyl (C=O) groups is 1. The summed E-state index contributed by atoms with van der Waals surface area (Å²) >= 11 is 0. The molecule has 116 valence electrons. The van der Waals surface area contributed by atoms with Gasteiger partial charge in [-0.2, -0.15) is 0 Å². The summed E-state index contributed by atoms with van der Waals surface area (Å²) in [7, 11) is 1.49. The summed E-state index contributed by atoms with van der Waals surface area (Å²) in [4.78, 5) is 14.6. The van der Waals surface area contributed by atoms with Gasteiger partial charge in [-0.3, -0.25) is 10.1 Å². The molecule has 0 bridgehead atoms. The standard InChI is InChI=1S/C16H30N2O2/c1-4-11-18(14-8-9-14)12-5-10-16(2,15(19)20-3)17-13-6-7-13/h13-14,17H,4-12H2,1-3H3. The minimum atomic E-state index is -0.503. The first-order valence-corrected chi connectivity index (χ1v) is 8.19. The second-order valence-corrected chi connectivity index (χ2v) is 6.61. The van der Waals surface area contributed by atoms with Crippen LogP contribution >= 0.6 is 0 Å². The molecule has 1 atom stereocenters. The van der Waals surface area contributed by atoms with Crippen molar-refractivity contribution in [3.8, 4) is 0 Å². The zero-order valence-electron chi connectivity index (χ0n) is 13.3. The number of ether oxygens (including phenoxy) is 1. The Morgan fingerprint density at radius 2 is 2.00 bits per heavy atom. The van der Waals surface area contributed by atoms with E-state index >= 15 is 0 Å². The van der Waals surface area contributed by atoms with Crippen molar-refractivity contribution >= 4 is 5.97 Å². The van der Waals surface area contributed by atoms with Gasteiger partial charge in [0.1, 0.15) is 5.54 Å². The average molecular weight is 282 g/mol. The largest absolute Gasteiger partial charge is 0.468 e. The van der Waals surface area contributed by atoms with Crippen molar-refractivity contribution in [2.75, 3.05) is 20.2 Å². The fourth-order valence-corrected chi connectivity index (χ4v) is 2.98. The number of hydrogen-bond acceptors (Lipinski definition) is 4. The minimum absolute atomic E-state index is 0.113. The number of carbonyl (C=O) groups excluding carboxylic acids is 1. The van der Waals surface area contributed by atoms with E-state index in [9.17, 15) is 4.79 Å². The predicted molar refractivity (Wildman–Crippen MR) is 80.7 cm³/mol. The molecular formula is C16H30N2O2. The third-order valence-electron chi connectivity index (χ3n) is 4.43. The lowest BCUT2D eigenvalue weighted by atomic mass is 9.95. The molecule has 4 nitrogen and oxygen atoms in total. The van der Waals surface area contributed by atoms with Crippen LogP contribution in [0, 0.1) is 0 Å². The van der Waals surface area contributed by atoms with Gasteiger partial charge in [0.05, 0.1) is 7.11 Å². The van der Waals surface area contributed by atoms with Gasteiger partial charge in [0.25, 0.3) is 0 Å². The molecule has 0 aliphatic heterocycles. The molecule has 4 heteroatoms. The van der Waals surface area contributed by atoms with E-state index in [1.54, 1.807) is 0 Å². The number of nitrogens with zero attached hydrogens (tertiary/aromatic N) is 1. The van der Waals surface area contributed by atoms with Crippen molar-refractivity contribution in [3.63, 3.8) is 0 Å². The van der Waals surface area contributed by atoms with Crippen molar-refractivity contribution in [2.24, 2.45) is 0 Å². The number of esters is 1. The van der Waals surface area contributed by atoms with Crippen LogP contribution in [0.25, 0.3) is 0 Å². The third kappa shape index (κ3) is 4.45. The van der Waals surface area contributed by atoms with Gasteiger partial charge >= 0.3 is 5.97 Å². The summed E-state index contributed by atoms with van der Waals surface area (Å²) in [6.07, 6.45) is 8.23.